The van der Waals surface area contributed by atoms with Crippen molar-refractivity contribution in [2.24, 2.45) is 0 Å². The fourth-order valence-corrected chi connectivity index (χ4v) is 3.89. The van der Waals surface area contributed by atoms with Gasteiger partial charge in [-0.3, -0.25) is 10.1 Å². The van der Waals surface area contributed by atoms with E-state index >= 15 is 0 Å². The number of aryl methyl sites for hydroxylation is 2. The van der Waals surface area contributed by atoms with Crippen molar-refractivity contribution >= 4 is 22.7 Å². The summed E-state index contributed by atoms with van der Waals surface area (Å²) >= 11 is 0. The summed E-state index contributed by atoms with van der Waals surface area (Å²) in [7, 11) is 0. The molecule has 0 radical (unpaired) electrons. The van der Waals surface area contributed by atoms with Crippen LogP contribution in [0.4, 0.5) is 22.7 Å². The standard InChI is InChI=1S/C25H21N.C7H7NO2.C2H6/c1-20-12-16-24(17-13-20)26(23-10-6-3-7-11-23)25-18-14-22(15-19-25)21-8-4-2-5-9-21;1-6-3-2-4-7(5-6)8(9)10;1-2/h2-19H,1H3;2-5H,1H3;1-2H3. The van der Waals surface area contributed by atoms with Gasteiger partial charge in [-0.2, -0.15) is 0 Å². The maximum Gasteiger partial charge on any atom is 0.269 e. The second-order valence-electron chi connectivity index (χ2n) is 8.52. The van der Waals surface area contributed by atoms with Gasteiger partial charge in [0, 0.05) is 29.2 Å². The highest BCUT2D eigenvalue weighted by atomic mass is 16.6. The van der Waals surface area contributed by atoms with Crippen LogP contribution in [0.3, 0.4) is 0 Å². The van der Waals surface area contributed by atoms with Crippen molar-refractivity contribution in [1.29, 1.82) is 0 Å². The Labute approximate surface area is 226 Å². The largest absolute Gasteiger partial charge is 0.311 e. The van der Waals surface area contributed by atoms with Gasteiger partial charge >= 0.3 is 0 Å². The van der Waals surface area contributed by atoms with E-state index in [4.69, 9.17) is 0 Å². The van der Waals surface area contributed by atoms with Crippen LogP contribution in [0.1, 0.15) is 25.0 Å². The monoisotopic (exact) mass is 502 g/mol. The zero-order valence-electron chi connectivity index (χ0n) is 22.4. The number of para-hydroxylation sites is 1. The maximum atomic E-state index is 10.2. The summed E-state index contributed by atoms with van der Waals surface area (Å²) in [5.74, 6) is 0. The lowest BCUT2D eigenvalue weighted by molar-refractivity contribution is -0.384. The van der Waals surface area contributed by atoms with Crippen molar-refractivity contribution in [3.05, 3.63) is 155 Å². The Morgan fingerprint density at radius 1 is 0.526 bits per heavy atom. The van der Waals surface area contributed by atoms with Crippen molar-refractivity contribution < 1.29 is 4.92 Å². The smallest absolute Gasteiger partial charge is 0.269 e. The molecule has 0 N–H and O–H groups in total. The molecule has 0 aromatic heterocycles. The minimum atomic E-state index is -0.396. The molecular weight excluding hydrogens is 468 g/mol. The average molecular weight is 503 g/mol. The van der Waals surface area contributed by atoms with E-state index in [2.05, 4.69) is 115 Å². The van der Waals surface area contributed by atoms with Gasteiger partial charge in [0.1, 0.15) is 0 Å². The number of nitro groups is 1. The number of anilines is 3. The van der Waals surface area contributed by atoms with Gasteiger partial charge in [-0.1, -0.05) is 104 Å². The average Bonchev–Trinajstić information content (AvgIpc) is 2.97. The Morgan fingerprint density at radius 3 is 1.50 bits per heavy atom. The molecule has 38 heavy (non-hydrogen) atoms. The molecule has 0 aliphatic carbocycles. The third kappa shape index (κ3) is 7.65. The van der Waals surface area contributed by atoms with E-state index in [0.29, 0.717) is 0 Å². The first-order valence-corrected chi connectivity index (χ1v) is 12.8. The second-order valence-corrected chi connectivity index (χ2v) is 8.52. The normalized spacial score (nSPS) is 9.79. The summed E-state index contributed by atoms with van der Waals surface area (Å²) in [6.45, 7) is 7.94. The van der Waals surface area contributed by atoms with Crippen LogP contribution in [0, 0.1) is 24.0 Å². The fraction of sp³-hybridized carbons (Fsp3) is 0.118. The quantitative estimate of drug-likeness (QED) is 0.177. The number of hydrogen-bond acceptors (Lipinski definition) is 3. The summed E-state index contributed by atoms with van der Waals surface area (Å²) in [6.07, 6.45) is 0. The molecule has 0 fully saturated rings. The molecule has 0 saturated carbocycles. The minimum Gasteiger partial charge on any atom is -0.311 e. The highest BCUT2D eigenvalue weighted by Crippen LogP contribution is 2.35. The number of nitrogens with zero attached hydrogens (tertiary/aromatic N) is 2. The van der Waals surface area contributed by atoms with E-state index in [-0.39, 0.29) is 5.69 Å². The molecule has 0 aliphatic heterocycles. The third-order valence-electron chi connectivity index (χ3n) is 5.75. The van der Waals surface area contributed by atoms with Crippen molar-refractivity contribution in [1.82, 2.24) is 0 Å². The van der Waals surface area contributed by atoms with Crippen LogP contribution in [-0.2, 0) is 0 Å². The van der Waals surface area contributed by atoms with Crippen LogP contribution in [0.15, 0.2) is 133 Å². The number of hydrogen-bond donors (Lipinski definition) is 0. The number of rotatable bonds is 5. The van der Waals surface area contributed by atoms with E-state index in [1.807, 2.05) is 32.9 Å². The van der Waals surface area contributed by atoms with Crippen LogP contribution in [0.2, 0.25) is 0 Å². The topological polar surface area (TPSA) is 46.4 Å². The lowest BCUT2D eigenvalue weighted by atomic mass is 10.0. The van der Waals surface area contributed by atoms with Crippen molar-refractivity contribution in [3.8, 4) is 11.1 Å². The fourth-order valence-electron chi connectivity index (χ4n) is 3.89. The SMILES string of the molecule is CC.Cc1ccc(N(c2ccccc2)c2ccc(-c3ccccc3)cc2)cc1.Cc1cccc([N+](=O)[O-])c1. The Hall–Kier alpha value is -4.70. The molecule has 192 valence electrons. The van der Waals surface area contributed by atoms with Gasteiger partial charge < -0.3 is 4.90 Å². The predicted octanol–water partition coefficient (Wildman–Crippen LogP) is 10.1. The zero-order valence-corrected chi connectivity index (χ0v) is 22.4. The van der Waals surface area contributed by atoms with Crippen molar-refractivity contribution in [2.45, 2.75) is 27.7 Å². The summed E-state index contributed by atoms with van der Waals surface area (Å²) in [4.78, 5) is 12.0. The molecule has 0 heterocycles. The molecule has 4 nitrogen and oxygen atoms in total. The first kappa shape index (κ1) is 27.9. The minimum absolute atomic E-state index is 0.153. The summed E-state index contributed by atoms with van der Waals surface area (Å²) in [6, 6.07) is 44.9. The van der Waals surface area contributed by atoms with E-state index in [1.165, 1.54) is 22.8 Å². The van der Waals surface area contributed by atoms with Gasteiger partial charge in [-0.05, 0) is 66.9 Å². The highest BCUT2D eigenvalue weighted by Gasteiger charge is 2.12. The molecule has 0 aliphatic rings. The van der Waals surface area contributed by atoms with E-state index < -0.39 is 4.92 Å². The maximum absolute atomic E-state index is 10.2. The Bertz CT molecular complexity index is 1400. The van der Waals surface area contributed by atoms with Crippen LogP contribution >= 0.6 is 0 Å². The first-order chi connectivity index (χ1) is 18.5. The van der Waals surface area contributed by atoms with Gasteiger partial charge in [0.25, 0.3) is 5.69 Å². The van der Waals surface area contributed by atoms with Crippen LogP contribution in [0.25, 0.3) is 11.1 Å². The lowest BCUT2D eigenvalue weighted by Crippen LogP contribution is -2.09. The molecular formula is C34H34N2O2. The molecule has 4 heteroatoms. The van der Waals surface area contributed by atoms with Gasteiger partial charge in [-0.15, -0.1) is 0 Å². The van der Waals surface area contributed by atoms with Gasteiger partial charge in [-0.25, -0.2) is 0 Å². The van der Waals surface area contributed by atoms with E-state index in [0.717, 1.165) is 22.6 Å². The molecule has 0 spiro atoms. The number of non-ortho nitro benzene ring substituents is 1. The molecule has 0 saturated heterocycles. The molecule has 5 aromatic carbocycles. The van der Waals surface area contributed by atoms with E-state index in [1.54, 1.807) is 12.1 Å². The van der Waals surface area contributed by atoms with Gasteiger partial charge in [0.2, 0.25) is 0 Å². The summed E-state index contributed by atoms with van der Waals surface area (Å²) in [5, 5.41) is 10.2. The molecule has 0 unspecified atom stereocenters. The molecule has 5 rings (SSSR count). The number of benzene rings is 5. The Balaban J connectivity index is 0.000000280. The molecule has 0 amide bonds. The zero-order chi connectivity index (χ0) is 27.3. The van der Waals surface area contributed by atoms with E-state index in [9.17, 15) is 10.1 Å². The Kier molecular flexibility index (Phi) is 10.4. The second kappa shape index (κ2) is 14.1. The molecule has 5 aromatic rings. The predicted molar refractivity (Wildman–Crippen MR) is 160 cm³/mol. The van der Waals surface area contributed by atoms with Crippen LogP contribution < -0.4 is 4.90 Å². The van der Waals surface area contributed by atoms with Crippen molar-refractivity contribution in [2.75, 3.05) is 4.90 Å². The third-order valence-corrected chi connectivity index (χ3v) is 5.75. The number of nitro benzene ring substituents is 1. The van der Waals surface area contributed by atoms with Gasteiger partial charge in [0.15, 0.2) is 0 Å². The first-order valence-electron chi connectivity index (χ1n) is 12.8. The summed E-state index contributed by atoms with van der Waals surface area (Å²) < 4.78 is 0. The summed E-state index contributed by atoms with van der Waals surface area (Å²) in [5.41, 5.74) is 8.26. The Morgan fingerprint density at radius 2 is 1.00 bits per heavy atom. The molecule has 0 atom stereocenters. The van der Waals surface area contributed by atoms with Crippen molar-refractivity contribution in [3.63, 3.8) is 0 Å². The molecule has 0 bridgehead atoms. The lowest BCUT2D eigenvalue weighted by Gasteiger charge is -2.25. The van der Waals surface area contributed by atoms with Gasteiger partial charge in [0.05, 0.1) is 4.92 Å². The van der Waals surface area contributed by atoms with Crippen LogP contribution in [0.5, 0.6) is 0 Å². The highest BCUT2D eigenvalue weighted by molar-refractivity contribution is 5.78. The van der Waals surface area contributed by atoms with Crippen LogP contribution in [-0.4, -0.2) is 4.92 Å².